The van der Waals surface area contributed by atoms with Crippen LogP contribution < -0.4 is 0 Å². The number of nitrogens with zero attached hydrogens (tertiary/aromatic N) is 1. The summed E-state index contributed by atoms with van der Waals surface area (Å²) in [6.45, 7) is 1.82. The third-order valence-corrected chi connectivity index (χ3v) is 7.44. The second-order valence-corrected chi connectivity index (χ2v) is 9.10. The first-order chi connectivity index (χ1) is 11.3. The van der Waals surface area contributed by atoms with Crippen molar-refractivity contribution in [1.29, 1.82) is 0 Å². The van der Waals surface area contributed by atoms with Gasteiger partial charge in [-0.15, -0.1) is 3.77 Å². The Labute approximate surface area is 141 Å². The lowest BCUT2D eigenvalue weighted by Gasteiger charge is -2.09. The van der Waals surface area contributed by atoms with Gasteiger partial charge in [0.2, 0.25) is 0 Å². The van der Waals surface area contributed by atoms with Gasteiger partial charge in [0, 0.05) is 4.90 Å². The minimum Gasteiger partial charge on any atom is -0.468 e. The molecule has 8 heteroatoms. The molecule has 0 aliphatic rings. The van der Waals surface area contributed by atoms with Crippen molar-refractivity contribution in [2.45, 2.75) is 16.7 Å². The van der Waals surface area contributed by atoms with E-state index < -0.39 is 31.5 Å². The van der Waals surface area contributed by atoms with Crippen molar-refractivity contribution in [3.05, 3.63) is 60.2 Å². The van der Waals surface area contributed by atoms with Gasteiger partial charge in [0.25, 0.3) is 10.0 Å². The van der Waals surface area contributed by atoms with E-state index in [9.17, 15) is 17.4 Å². The summed E-state index contributed by atoms with van der Waals surface area (Å²) in [6, 6.07) is 13.8. The van der Waals surface area contributed by atoms with Gasteiger partial charge in [-0.1, -0.05) is 35.9 Å². The molecule has 0 aliphatic heterocycles. The quantitative estimate of drug-likeness (QED) is 0.757. The Morgan fingerprint density at radius 2 is 1.54 bits per heavy atom. The summed E-state index contributed by atoms with van der Waals surface area (Å²) in [4.78, 5) is 11.7. The van der Waals surface area contributed by atoms with Crippen LogP contribution in [0.1, 0.15) is 5.56 Å². The first-order valence-corrected chi connectivity index (χ1v) is 10.1. The summed E-state index contributed by atoms with van der Waals surface area (Å²) in [5.41, 5.74) is 0.882. The first-order valence-electron chi connectivity index (χ1n) is 6.96. The molecule has 0 heterocycles. The third-order valence-electron chi connectivity index (χ3n) is 3.19. The van der Waals surface area contributed by atoms with Gasteiger partial charge >= 0.3 is 5.97 Å². The number of carbonyl (C=O) groups excluding carboxylic acids is 1. The van der Waals surface area contributed by atoms with E-state index in [0.29, 0.717) is 0 Å². The van der Waals surface area contributed by atoms with Crippen LogP contribution in [0.5, 0.6) is 0 Å². The molecule has 0 saturated heterocycles. The molecule has 128 valence electrons. The van der Waals surface area contributed by atoms with E-state index in [-0.39, 0.29) is 9.79 Å². The van der Waals surface area contributed by atoms with E-state index in [0.717, 1.165) is 12.7 Å². The lowest BCUT2D eigenvalue weighted by molar-refractivity contribution is -0.137. The monoisotopic (exact) mass is 367 g/mol. The van der Waals surface area contributed by atoms with E-state index in [1.807, 2.05) is 6.92 Å². The van der Waals surface area contributed by atoms with Gasteiger partial charge in [0.15, 0.2) is 0 Å². The predicted molar refractivity (Wildman–Crippen MR) is 90.5 cm³/mol. The number of hydrogen-bond acceptors (Lipinski definition) is 5. The van der Waals surface area contributed by atoms with Gasteiger partial charge in [-0.2, -0.15) is 8.42 Å². The smallest absolute Gasteiger partial charge is 0.319 e. The molecule has 24 heavy (non-hydrogen) atoms. The van der Waals surface area contributed by atoms with Gasteiger partial charge in [-0.3, -0.25) is 4.79 Å². The van der Waals surface area contributed by atoms with Gasteiger partial charge in [-0.25, -0.2) is 4.21 Å². The van der Waals surface area contributed by atoms with Crippen molar-refractivity contribution in [3.63, 3.8) is 0 Å². The molecule has 0 saturated carbocycles. The van der Waals surface area contributed by atoms with Gasteiger partial charge in [-0.05, 0) is 31.2 Å². The highest BCUT2D eigenvalue weighted by Gasteiger charge is 2.24. The molecular weight excluding hydrogens is 350 g/mol. The largest absolute Gasteiger partial charge is 0.468 e. The predicted octanol–water partition coefficient (Wildman–Crippen LogP) is 2.38. The molecular formula is C16H17NO5S2. The second kappa shape index (κ2) is 7.14. The van der Waals surface area contributed by atoms with Crippen LogP contribution in [0, 0.1) is 6.92 Å². The summed E-state index contributed by atoms with van der Waals surface area (Å²) in [6.07, 6.45) is 0. The minimum atomic E-state index is -4.19. The number of hydrogen-bond donors (Lipinski definition) is 0. The maximum absolute atomic E-state index is 13.2. The highest BCUT2D eigenvalue weighted by molar-refractivity contribution is 8.03. The SMILES string of the molecule is COC(=O)CS(=O)(=NS(=O)(=O)c1ccc(C)cc1)c1ccccc1. The summed E-state index contributed by atoms with van der Waals surface area (Å²) in [5, 5.41) is 0. The fourth-order valence-electron chi connectivity index (χ4n) is 1.92. The molecule has 0 fully saturated rings. The average molecular weight is 367 g/mol. The number of esters is 1. The Kier molecular flexibility index (Phi) is 5.40. The van der Waals surface area contributed by atoms with Crippen LogP contribution >= 0.6 is 0 Å². The number of rotatable bonds is 5. The highest BCUT2D eigenvalue weighted by atomic mass is 32.3. The Balaban J connectivity index is 2.62. The fourth-order valence-corrected chi connectivity index (χ4v) is 5.75. The molecule has 2 aromatic carbocycles. The number of aryl methyl sites for hydroxylation is 1. The van der Waals surface area contributed by atoms with Gasteiger partial charge < -0.3 is 4.74 Å². The fraction of sp³-hybridized carbons (Fsp3) is 0.188. The van der Waals surface area contributed by atoms with Crippen molar-refractivity contribution in [3.8, 4) is 0 Å². The summed E-state index contributed by atoms with van der Waals surface area (Å²) in [7, 11) is -6.59. The third kappa shape index (κ3) is 4.21. The lowest BCUT2D eigenvalue weighted by Crippen LogP contribution is -2.19. The van der Waals surface area contributed by atoms with Crippen LogP contribution in [0.4, 0.5) is 0 Å². The Morgan fingerprint density at radius 1 is 0.958 bits per heavy atom. The van der Waals surface area contributed by atoms with Gasteiger partial charge in [0.1, 0.15) is 15.5 Å². The maximum atomic E-state index is 13.2. The zero-order valence-corrected chi connectivity index (χ0v) is 14.8. The van der Waals surface area contributed by atoms with E-state index in [4.69, 9.17) is 0 Å². The zero-order chi connectivity index (χ0) is 17.8. The topological polar surface area (TPSA) is 89.9 Å². The molecule has 2 aromatic rings. The Hall–Kier alpha value is -2.19. The Bertz CT molecular complexity index is 942. The molecule has 0 N–H and O–H groups in total. The summed E-state index contributed by atoms with van der Waals surface area (Å²) < 4.78 is 46.3. The summed E-state index contributed by atoms with van der Waals surface area (Å²) in [5.74, 6) is -1.44. The molecule has 0 aromatic heterocycles. The van der Waals surface area contributed by atoms with Gasteiger partial charge in [0.05, 0.1) is 12.0 Å². The molecule has 0 radical (unpaired) electrons. The number of carbonyl (C=O) groups is 1. The molecule has 2 rings (SSSR count). The van der Waals surface area contributed by atoms with E-state index in [1.165, 1.54) is 24.3 Å². The number of ether oxygens (including phenoxy) is 1. The normalized spacial score (nSPS) is 13.8. The van der Waals surface area contributed by atoms with Crippen LogP contribution in [-0.2, 0) is 29.3 Å². The average Bonchev–Trinajstić information content (AvgIpc) is 2.55. The first kappa shape index (κ1) is 18.2. The van der Waals surface area contributed by atoms with E-state index in [2.05, 4.69) is 8.50 Å². The maximum Gasteiger partial charge on any atom is 0.319 e. The van der Waals surface area contributed by atoms with E-state index >= 15 is 0 Å². The van der Waals surface area contributed by atoms with Crippen molar-refractivity contribution in [2.24, 2.45) is 3.77 Å². The lowest BCUT2D eigenvalue weighted by atomic mass is 10.2. The second-order valence-electron chi connectivity index (χ2n) is 5.04. The number of sulfonamides is 1. The van der Waals surface area contributed by atoms with Crippen LogP contribution in [-0.4, -0.2) is 31.5 Å². The van der Waals surface area contributed by atoms with Crippen LogP contribution in [0.15, 0.2) is 68.2 Å². The molecule has 1 unspecified atom stereocenters. The molecule has 0 amide bonds. The van der Waals surface area contributed by atoms with Crippen molar-refractivity contribution in [1.82, 2.24) is 0 Å². The molecule has 0 spiro atoms. The number of benzene rings is 2. The molecule has 6 nitrogen and oxygen atoms in total. The van der Waals surface area contributed by atoms with Crippen molar-refractivity contribution >= 4 is 25.7 Å². The number of methoxy groups -OCH3 is 1. The summed E-state index contributed by atoms with van der Waals surface area (Å²) >= 11 is 0. The standard InChI is InChI=1S/C16H17NO5S2/c1-13-8-10-15(11-9-13)24(20,21)17-23(19,12-16(18)22-2)14-6-4-3-5-7-14/h3-11H,12H2,1-2H3. The zero-order valence-electron chi connectivity index (χ0n) is 13.2. The van der Waals surface area contributed by atoms with Crippen LogP contribution in [0.3, 0.4) is 0 Å². The Morgan fingerprint density at radius 3 is 2.08 bits per heavy atom. The van der Waals surface area contributed by atoms with Crippen LogP contribution in [0.2, 0.25) is 0 Å². The minimum absolute atomic E-state index is 0.0818. The van der Waals surface area contributed by atoms with Crippen molar-refractivity contribution in [2.75, 3.05) is 12.9 Å². The molecule has 0 aliphatic carbocycles. The highest BCUT2D eigenvalue weighted by Crippen LogP contribution is 2.21. The van der Waals surface area contributed by atoms with Crippen LogP contribution in [0.25, 0.3) is 0 Å². The molecule has 0 bridgehead atoms. The van der Waals surface area contributed by atoms with E-state index in [1.54, 1.807) is 30.3 Å². The molecule has 1 atom stereocenters. The van der Waals surface area contributed by atoms with Crippen molar-refractivity contribution < 1.29 is 22.2 Å².